The Labute approximate surface area is 118 Å². The molecule has 0 atom stereocenters. The Morgan fingerprint density at radius 1 is 0.833 bits per heavy atom. The topological polar surface area (TPSA) is 0 Å². The lowest BCUT2D eigenvalue weighted by molar-refractivity contribution is 0.752. The molecule has 0 spiro atoms. The minimum atomic E-state index is 0.756. The van der Waals surface area contributed by atoms with Crippen LogP contribution in [0.5, 0.6) is 0 Å². The molecule has 0 aromatic heterocycles. The fraction of sp³-hybridized carbons (Fsp3) is 0.250. The molecule has 0 aliphatic heterocycles. The molecule has 0 aliphatic carbocycles. The van der Waals surface area contributed by atoms with Crippen molar-refractivity contribution in [2.75, 3.05) is 5.75 Å². The Morgan fingerprint density at radius 3 is 2.06 bits per heavy atom. The van der Waals surface area contributed by atoms with Gasteiger partial charge >= 0.3 is 0 Å². The zero-order chi connectivity index (χ0) is 12.8. The average molecular weight is 274 g/mol. The van der Waals surface area contributed by atoms with Crippen molar-refractivity contribution < 1.29 is 0 Å². The fourth-order valence-electron chi connectivity index (χ4n) is 1.57. The largest absolute Gasteiger partial charge is 0.0887 e. The Bertz CT molecular complexity index is 460. The first-order valence-electron chi connectivity index (χ1n) is 6.20. The van der Waals surface area contributed by atoms with Crippen LogP contribution < -0.4 is 0 Å². The van der Waals surface area contributed by atoms with E-state index in [0.29, 0.717) is 0 Å². The quantitative estimate of drug-likeness (QED) is 0.637. The van der Waals surface area contributed by atoms with Crippen molar-refractivity contribution in [2.24, 2.45) is 5.92 Å². The standard InChI is InChI=1S/C16H18S2/c1-13(2)12-17-18-16-10-8-15(9-11-16)14-6-4-3-5-7-14/h3-11,13H,12H2,1-2H3. The Morgan fingerprint density at radius 2 is 1.44 bits per heavy atom. The summed E-state index contributed by atoms with van der Waals surface area (Å²) in [5.74, 6) is 1.96. The highest BCUT2D eigenvalue weighted by Crippen LogP contribution is 2.33. The number of hydrogen-bond donors (Lipinski definition) is 0. The Kier molecular flexibility index (Phi) is 5.21. The molecule has 0 amide bonds. The van der Waals surface area contributed by atoms with Crippen LogP contribution in [0.1, 0.15) is 13.8 Å². The minimum Gasteiger partial charge on any atom is -0.0887 e. The first kappa shape index (κ1) is 13.6. The van der Waals surface area contributed by atoms with Gasteiger partial charge in [0.15, 0.2) is 0 Å². The van der Waals surface area contributed by atoms with Crippen LogP contribution in [0.2, 0.25) is 0 Å². The van der Waals surface area contributed by atoms with Gasteiger partial charge in [0.05, 0.1) is 0 Å². The molecule has 2 aromatic rings. The molecule has 0 saturated carbocycles. The number of benzene rings is 2. The fourth-order valence-corrected chi connectivity index (χ4v) is 4.06. The molecular formula is C16H18S2. The maximum atomic E-state index is 2.26. The molecule has 18 heavy (non-hydrogen) atoms. The van der Waals surface area contributed by atoms with Gasteiger partial charge in [-0.1, -0.05) is 77.9 Å². The zero-order valence-corrected chi connectivity index (χ0v) is 12.4. The van der Waals surface area contributed by atoms with Crippen molar-refractivity contribution in [1.29, 1.82) is 0 Å². The van der Waals surface area contributed by atoms with Gasteiger partial charge in [-0.3, -0.25) is 0 Å². The third-order valence-electron chi connectivity index (χ3n) is 2.52. The first-order valence-corrected chi connectivity index (χ1v) is 8.52. The Balaban J connectivity index is 1.98. The van der Waals surface area contributed by atoms with Crippen LogP contribution in [-0.2, 0) is 0 Å². The molecule has 0 aliphatic rings. The third kappa shape index (κ3) is 4.11. The molecule has 0 radical (unpaired) electrons. The van der Waals surface area contributed by atoms with Crippen LogP contribution in [0.25, 0.3) is 11.1 Å². The summed E-state index contributed by atoms with van der Waals surface area (Å²) in [4.78, 5) is 1.33. The lowest BCUT2D eigenvalue weighted by atomic mass is 10.1. The van der Waals surface area contributed by atoms with Crippen LogP contribution in [0, 0.1) is 5.92 Å². The van der Waals surface area contributed by atoms with Crippen molar-refractivity contribution in [1.82, 2.24) is 0 Å². The van der Waals surface area contributed by atoms with Crippen molar-refractivity contribution in [3.63, 3.8) is 0 Å². The van der Waals surface area contributed by atoms with E-state index >= 15 is 0 Å². The maximum absolute atomic E-state index is 2.26. The summed E-state index contributed by atoms with van der Waals surface area (Å²) >= 11 is 0. The average Bonchev–Trinajstić information content (AvgIpc) is 2.40. The predicted octanol–water partition coefficient (Wildman–Crippen LogP) is 5.75. The number of hydrogen-bond acceptors (Lipinski definition) is 2. The van der Waals surface area contributed by atoms with Gasteiger partial charge in [0, 0.05) is 10.6 Å². The van der Waals surface area contributed by atoms with Gasteiger partial charge in [0.25, 0.3) is 0 Å². The van der Waals surface area contributed by atoms with E-state index in [1.165, 1.54) is 21.8 Å². The molecule has 2 rings (SSSR count). The molecule has 0 unspecified atom stereocenters. The highest BCUT2D eigenvalue weighted by Gasteiger charge is 1.99. The van der Waals surface area contributed by atoms with E-state index in [1.54, 1.807) is 0 Å². The second-order valence-electron chi connectivity index (χ2n) is 4.65. The van der Waals surface area contributed by atoms with Gasteiger partial charge in [-0.05, 0) is 29.2 Å². The molecule has 94 valence electrons. The van der Waals surface area contributed by atoms with Crippen LogP contribution in [0.15, 0.2) is 59.5 Å². The second kappa shape index (κ2) is 6.91. The monoisotopic (exact) mass is 274 g/mol. The lowest BCUT2D eigenvalue weighted by Gasteiger charge is -2.05. The number of rotatable bonds is 5. The van der Waals surface area contributed by atoms with Crippen molar-refractivity contribution >= 4 is 21.6 Å². The van der Waals surface area contributed by atoms with E-state index in [0.717, 1.165) is 5.92 Å². The maximum Gasteiger partial charge on any atom is 0.0183 e. The highest BCUT2D eigenvalue weighted by atomic mass is 33.1. The molecule has 0 N–H and O–H groups in total. The smallest absolute Gasteiger partial charge is 0.0183 e. The van der Waals surface area contributed by atoms with Gasteiger partial charge in [-0.2, -0.15) is 0 Å². The molecule has 0 fully saturated rings. The predicted molar refractivity (Wildman–Crippen MR) is 85.0 cm³/mol. The van der Waals surface area contributed by atoms with E-state index in [2.05, 4.69) is 68.4 Å². The van der Waals surface area contributed by atoms with E-state index in [1.807, 2.05) is 21.6 Å². The summed E-state index contributed by atoms with van der Waals surface area (Å²) in [6.07, 6.45) is 0. The molecule has 2 heteroatoms. The van der Waals surface area contributed by atoms with Gasteiger partial charge in [0.2, 0.25) is 0 Å². The van der Waals surface area contributed by atoms with Crippen LogP contribution in [-0.4, -0.2) is 5.75 Å². The SMILES string of the molecule is CC(C)CSSc1ccc(-c2ccccc2)cc1. The summed E-state index contributed by atoms with van der Waals surface area (Å²) in [6, 6.07) is 19.3. The molecule has 0 saturated heterocycles. The molecule has 0 heterocycles. The van der Waals surface area contributed by atoms with Crippen LogP contribution in [0.4, 0.5) is 0 Å². The van der Waals surface area contributed by atoms with Crippen LogP contribution >= 0.6 is 21.6 Å². The van der Waals surface area contributed by atoms with E-state index in [4.69, 9.17) is 0 Å². The molecular weight excluding hydrogens is 256 g/mol. The first-order chi connectivity index (χ1) is 8.75. The second-order valence-corrected chi connectivity index (χ2v) is 7.07. The summed E-state index contributed by atoms with van der Waals surface area (Å²) < 4.78 is 0. The van der Waals surface area contributed by atoms with Crippen LogP contribution in [0.3, 0.4) is 0 Å². The van der Waals surface area contributed by atoms with Crippen molar-refractivity contribution in [3.8, 4) is 11.1 Å². The summed E-state index contributed by atoms with van der Waals surface area (Å²) in [5, 5.41) is 0. The van der Waals surface area contributed by atoms with Crippen molar-refractivity contribution in [3.05, 3.63) is 54.6 Å². The third-order valence-corrected chi connectivity index (χ3v) is 5.24. The molecule has 0 bridgehead atoms. The zero-order valence-electron chi connectivity index (χ0n) is 10.8. The molecule has 0 nitrogen and oxygen atoms in total. The molecule has 2 aromatic carbocycles. The summed E-state index contributed by atoms with van der Waals surface area (Å²) in [5.41, 5.74) is 2.57. The van der Waals surface area contributed by atoms with Crippen molar-refractivity contribution in [2.45, 2.75) is 18.7 Å². The van der Waals surface area contributed by atoms with Gasteiger partial charge in [-0.25, -0.2) is 0 Å². The normalized spacial score (nSPS) is 10.8. The summed E-state index contributed by atoms with van der Waals surface area (Å²) in [6.45, 7) is 4.51. The van der Waals surface area contributed by atoms with E-state index in [9.17, 15) is 0 Å². The highest BCUT2D eigenvalue weighted by molar-refractivity contribution is 8.76. The van der Waals surface area contributed by atoms with E-state index < -0.39 is 0 Å². The van der Waals surface area contributed by atoms with E-state index in [-0.39, 0.29) is 0 Å². The van der Waals surface area contributed by atoms with Gasteiger partial charge < -0.3 is 0 Å². The minimum absolute atomic E-state index is 0.756. The Hall–Kier alpha value is -0.860. The summed E-state index contributed by atoms with van der Waals surface area (Å²) in [7, 11) is 3.80. The van der Waals surface area contributed by atoms with Gasteiger partial charge in [-0.15, -0.1) is 0 Å². The lowest BCUT2D eigenvalue weighted by Crippen LogP contribution is -1.87. The van der Waals surface area contributed by atoms with Gasteiger partial charge in [0.1, 0.15) is 0 Å².